The zero-order valence-electron chi connectivity index (χ0n) is 11.2. The molecule has 1 aliphatic rings. The van der Waals surface area contributed by atoms with Crippen molar-refractivity contribution in [1.29, 1.82) is 0 Å². The van der Waals surface area contributed by atoms with Crippen molar-refractivity contribution in [2.24, 2.45) is 4.40 Å². The van der Waals surface area contributed by atoms with Gasteiger partial charge in [-0.25, -0.2) is 9.37 Å². The van der Waals surface area contributed by atoms with Gasteiger partial charge in [-0.2, -0.15) is 8.42 Å². The Hall–Kier alpha value is -2.28. The standard InChI is InChI=1S/C14H12FN3O2S/c1-2-13-17-21(19,20)12-4-3-9-16-14(12)18(13)11-7-5-10(15)6-8-11/h3-9H,2H2,1H3. The molecule has 2 heterocycles. The first kappa shape index (κ1) is 13.7. The quantitative estimate of drug-likeness (QED) is 0.856. The Bertz CT molecular complexity index is 816. The van der Waals surface area contributed by atoms with Gasteiger partial charge in [-0.15, -0.1) is 4.40 Å². The van der Waals surface area contributed by atoms with Crippen LogP contribution >= 0.6 is 0 Å². The first-order valence-corrected chi connectivity index (χ1v) is 7.81. The molecule has 0 unspecified atom stereocenters. The summed E-state index contributed by atoms with van der Waals surface area (Å²) >= 11 is 0. The van der Waals surface area contributed by atoms with Gasteiger partial charge in [-0.05, 0) is 36.4 Å². The van der Waals surface area contributed by atoms with Gasteiger partial charge in [-0.1, -0.05) is 6.92 Å². The highest BCUT2D eigenvalue weighted by molar-refractivity contribution is 7.90. The van der Waals surface area contributed by atoms with Crippen molar-refractivity contribution in [2.75, 3.05) is 4.90 Å². The molecule has 1 aromatic heterocycles. The van der Waals surface area contributed by atoms with Crippen LogP contribution < -0.4 is 4.90 Å². The summed E-state index contributed by atoms with van der Waals surface area (Å²) in [6.07, 6.45) is 1.93. The number of benzene rings is 1. The lowest BCUT2D eigenvalue weighted by Crippen LogP contribution is -2.32. The molecule has 0 spiro atoms. The summed E-state index contributed by atoms with van der Waals surface area (Å²) in [6, 6.07) is 8.77. The summed E-state index contributed by atoms with van der Waals surface area (Å²) in [7, 11) is -3.74. The summed E-state index contributed by atoms with van der Waals surface area (Å²) < 4.78 is 41.2. The van der Waals surface area contributed by atoms with Gasteiger partial charge in [0.15, 0.2) is 5.82 Å². The van der Waals surface area contributed by atoms with Crippen LogP contribution in [0.25, 0.3) is 0 Å². The Morgan fingerprint density at radius 3 is 2.57 bits per heavy atom. The van der Waals surface area contributed by atoms with Crippen LogP contribution in [0.15, 0.2) is 51.9 Å². The summed E-state index contributed by atoms with van der Waals surface area (Å²) in [5, 5.41) is 0. The number of hydrogen-bond donors (Lipinski definition) is 0. The monoisotopic (exact) mass is 305 g/mol. The summed E-state index contributed by atoms with van der Waals surface area (Å²) in [4.78, 5) is 5.85. The fourth-order valence-corrected chi connectivity index (χ4v) is 3.40. The molecule has 0 aliphatic carbocycles. The van der Waals surface area contributed by atoms with E-state index in [1.165, 1.54) is 24.4 Å². The van der Waals surface area contributed by atoms with Crippen LogP contribution in [0.4, 0.5) is 15.9 Å². The van der Waals surface area contributed by atoms with Crippen LogP contribution in [0.1, 0.15) is 13.3 Å². The number of rotatable bonds is 2. The first-order valence-electron chi connectivity index (χ1n) is 6.37. The minimum Gasteiger partial charge on any atom is -0.281 e. The van der Waals surface area contributed by atoms with E-state index >= 15 is 0 Å². The molecule has 0 atom stereocenters. The summed E-state index contributed by atoms with van der Waals surface area (Å²) in [5.41, 5.74) is 0.617. The predicted octanol–water partition coefficient (Wildman–Crippen LogP) is 2.87. The normalized spacial score (nSPS) is 16.3. The molecular formula is C14H12FN3O2S. The maximum atomic E-state index is 13.1. The van der Waals surface area contributed by atoms with Gasteiger partial charge >= 0.3 is 0 Å². The van der Waals surface area contributed by atoms with Crippen molar-refractivity contribution in [3.05, 3.63) is 48.4 Å². The molecule has 7 heteroatoms. The van der Waals surface area contributed by atoms with E-state index in [2.05, 4.69) is 9.38 Å². The number of fused-ring (bicyclic) bond motifs is 1. The molecule has 0 N–H and O–H groups in total. The van der Waals surface area contributed by atoms with Crippen molar-refractivity contribution >= 4 is 27.4 Å². The predicted molar refractivity (Wildman–Crippen MR) is 77.7 cm³/mol. The number of hydrogen-bond acceptors (Lipinski definition) is 4. The van der Waals surface area contributed by atoms with Gasteiger partial charge in [0.05, 0.1) is 0 Å². The molecular weight excluding hydrogens is 293 g/mol. The molecule has 3 rings (SSSR count). The topological polar surface area (TPSA) is 62.6 Å². The molecule has 0 bridgehead atoms. The number of sulfonamides is 1. The van der Waals surface area contributed by atoms with E-state index in [4.69, 9.17) is 0 Å². The highest BCUT2D eigenvalue weighted by Crippen LogP contribution is 2.35. The van der Waals surface area contributed by atoms with Gasteiger partial charge < -0.3 is 0 Å². The van der Waals surface area contributed by atoms with E-state index in [0.29, 0.717) is 17.9 Å². The van der Waals surface area contributed by atoms with E-state index in [1.54, 1.807) is 30.0 Å². The lowest BCUT2D eigenvalue weighted by Gasteiger charge is -2.29. The first-order chi connectivity index (χ1) is 10.0. The zero-order chi connectivity index (χ0) is 15.0. The van der Waals surface area contributed by atoms with Crippen LogP contribution in [0, 0.1) is 5.82 Å². The highest BCUT2D eigenvalue weighted by atomic mass is 32.2. The number of aromatic nitrogens is 1. The van der Waals surface area contributed by atoms with E-state index in [-0.39, 0.29) is 16.5 Å². The van der Waals surface area contributed by atoms with Crippen molar-refractivity contribution in [1.82, 2.24) is 4.98 Å². The Morgan fingerprint density at radius 2 is 1.90 bits per heavy atom. The van der Waals surface area contributed by atoms with Crippen molar-refractivity contribution in [3.63, 3.8) is 0 Å². The van der Waals surface area contributed by atoms with Crippen LogP contribution in [0.5, 0.6) is 0 Å². The van der Waals surface area contributed by atoms with Crippen LogP contribution in [-0.2, 0) is 10.0 Å². The fourth-order valence-electron chi connectivity index (χ4n) is 2.19. The Kier molecular flexibility index (Phi) is 3.21. The second-order valence-electron chi connectivity index (χ2n) is 4.47. The minimum absolute atomic E-state index is 0.0477. The number of nitrogens with zero attached hydrogens (tertiary/aromatic N) is 3. The fraction of sp³-hybridized carbons (Fsp3) is 0.143. The molecule has 5 nitrogen and oxygen atoms in total. The third kappa shape index (κ3) is 2.29. The van der Waals surface area contributed by atoms with Gasteiger partial charge in [-0.3, -0.25) is 4.90 Å². The van der Waals surface area contributed by atoms with E-state index in [9.17, 15) is 12.8 Å². The molecule has 0 saturated carbocycles. The Morgan fingerprint density at radius 1 is 1.19 bits per heavy atom. The van der Waals surface area contributed by atoms with E-state index < -0.39 is 10.0 Å². The van der Waals surface area contributed by atoms with Gasteiger partial charge in [0, 0.05) is 18.3 Å². The van der Waals surface area contributed by atoms with Crippen molar-refractivity contribution in [2.45, 2.75) is 18.2 Å². The molecule has 0 amide bonds. The van der Waals surface area contributed by atoms with E-state index in [0.717, 1.165) is 0 Å². The molecule has 1 aliphatic heterocycles. The third-order valence-electron chi connectivity index (χ3n) is 3.13. The Balaban J connectivity index is 2.25. The molecule has 0 radical (unpaired) electrons. The maximum Gasteiger partial charge on any atom is 0.287 e. The second kappa shape index (κ2) is 4.92. The molecule has 108 valence electrons. The minimum atomic E-state index is -3.74. The van der Waals surface area contributed by atoms with E-state index in [1.807, 2.05) is 0 Å². The SMILES string of the molecule is CCC1=NS(=O)(=O)c2cccnc2N1c1ccc(F)cc1. The number of anilines is 2. The summed E-state index contributed by atoms with van der Waals surface area (Å²) in [6.45, 7) is 1.80. The van der Waals surface area contributed by atoms with Crippen LogP contribution in [0.3, 0.4) is 0 Å². The molecule has 1 aromatic carbocycles. The van der Waals surface area contributed by atoms with Crippen molar-refractivity contribution < 1.29 is 12.8 Å². The molecule has 0 saturated heterocycles. The molecule has 21 heavy (non-hydrogen) atoms. The number of amidine groups is 1. The molecule has 2 aromatic rings. The molecule has 0 fully saturated rings. The Labute approximate surface area is 121 Å². The number of halogens is 1. The highest BCUT2D eigenvalue weighted by Gasteiger charge is 2.31. The average Bonchev–Trinajstić information content (AvgIpc) is 2.48. The lowest BCUT2D eigenvalue weighted by atomic mass is 10.2. The van der Waals surface area contributed by atoms with Gasteiger partial charge in [0.1, 0.15) is 16.5 Å². The third-order valence-corrected chi connectivity index (χ3v) is 4.45. The average molecular weight is 305 g/mol. The van der Waals surface area contributed by atoms with Crippen molar-refractivity contribution in [3.8, 4) is 0 Å². The zero-order valence-corrected chi connectivity index (χ0v) is 12.0. The van der Waals surface area contributed by atoms with Gasteiger partial charge in [0.2, 0.25) is 0 Å². The lowest BCUT2D eigenvalue weighted by molar-refractivity contribution is 0.596. The van der Waals surface area contributed by atoms with Crippen LogP contribution in [-0.4, -0.2) is 19.2 Å². The van der Waals surface area contributed by atoms with Gasteiger partial charge in [0.25, 0.3) is 10.0 Å². The van der Waals surface area contributed by atoms with Crippen LogP contribution in [0.2, 0.25) is 0 Å². The second-order valence-corrected chi connectivity index (χ2v) is 6.05. The number of pyridine rings is 1. The largest absolute Gasteiger partial charge is 0.287 e. The smallest absolute Gasteiger partial charge is 0.281 e. The maximum absolute atomic E-state index is 13.1. The summed E-state index contributed by atoms with van der Waals surface area (Å²) in [5.74, 6) is 0.281.